The summed E-state index contributed by atoms with van der Waals surface area (Å²) >= 11 is 12.2. The van der Waals surface area contributed by atoms with Crippen molar-refractivity contribution in [3.8, 4) is 0 Å². The normalized spacial score (nSPS) is 28.4. The average Bonchev–Trinajstić information content (AvgIpc) is 2.96. The summed E-state index contributed by atoms with van der Waals surface area (Å²) in [4.78, 5) is 0. The lowest BCUT2D eigenvalue weighted by Crippen LogP contribution is -2.50. The summed E-state index contributed by atoms with van der Waals surface area (Å²) in [5.41, 5.74) is 1.11. The van der Waals surface area contributed by atoms with Crippen LogP contribution < -0.4 is 10.6 Å². The van der Waals surface area contributed by atoms with E-state index in [-0.39, 0.29) is 12.4 Å². The van der Waals surface area contributed by atoms with Gasteiger partial charge < -0.3 is 15.4 Å². The van der Waals surface area contributed by atoms with Gasteiger partial charge in [0.1, 0.15) is 0 Å². The lowest BCUT2D eigenvalue weighted by Gasteiger charge is -2.33. The van der Waals surface area contributed by atoms with Crippen molar-refractivity contribution < 1.29 is 4.74 Å². The lowest BCUT2D eigenvalue weighted by molar-refractivity contribution is 0.0524. The van der Waals surface area contributed by atoms with E-state index in [1.165, 1.54) is 19.3 Å². The molecule has 2 aliphatic rings. The molecule has 0 radical (unpaired) electrons. The molecule has 3 unspecified atom stereocenters. The third kappa shape index (κ3) is 4.50. The summed E-state index contributed by atoms with van der Waals surface area (Å²) in [6.07, 6.45) is 3.79. The molecule has 3 nitrogen and oxygen atoms in total. The number of hydrogen-bond acceptors (Lipinski definition) is 3. The Kier molecular flexibility index (Phi) is 7.26. The molecule has 0 amide bonds. The van der Waals surface area contributed by atoms with Crippen LogP contribution >= 0.6 is 35.6 Å². The van der Waals surface area contributed by atoms with Crippen LogP contribution in [0.2, 0.25) is 10.0 Å². The number of halogens is 3. The number of rotatable bonds is 4. The number of ether oxygens (including phenoxy) is 1. The zero-order valence-electron chi connectivity index (χ0n) is 12.5. The van der Waals surface area contributed by atoms with Crippen LogP contribution in [0.1, 0.15) is 24.8 Å². The summed E-state index contributed by atoms with van der Waals surface area (Å²) in [5.74, 6) is 0.649. The van der Waals surface area contributed by atoms with Gasteiger partial charge in [0.15, 0.2) is 0 Å². The van der Waals surface area contributed by atoms with Crippen molar-refractivity contribution in [2.24, 2.45) is 5.92 Å². The molecule has 0 spiro atoms. The SMILES string of the molecule is Cl.Clc1ccc(CNC2CCCC2C2COCCN2)c(Cl)c1. The minimum atomic E-state index is 0. The Morgan fingerprint density at radius 3 is 2.86 bits per heavy atom. The first-order valence-electron chi connectivity index (χ1n) is 7.72. The van der Waals surface area contributed by atoms with Crippen LogP contribution in [0.5, 0.6) is 0 Å². The van der Waals surface area contributed by atoms with Gasteiger partial charge >= 0.3 is 0 Å². The molecular formula is C16H23Cl3N2O. The molecule has 0 bridgehead atoms. The zero-order valence-corrected chi connectivity index (χ0v) is 14.8. The summed E-state index contributed by atoms with van der Waals surface area (Å²) in [6, 6.07) is 6.73. The third-order valence-corrected chi connectivity index (χ3v) is 5.19. The van der Waals surface area contributed by atoms with Crippen molar-refractivity contribution in [1.29, 1.82) is 0 Å². The van der Waals surface area contributed by atoms with E-state index in [1.54, 1.807) is 0 Å². The Hall–Kier alpha value is -0.0300. The monoisotopic (exact) mass is 364 g/mol. The van der Waals surface area contributed by atoms with Gasteiger partial charge in [-0.2, -0.15) is 0 Å². The lowest BCUT2D eigenvalue weighted by atomic mass is 9.94. The highest BCUT2D eigenvalue weighted by atomic mass is 35.5. The second-order valence-corrected chi connectivity index (χ2v) is 6.80. The number of hydrogen-bond donors (Lipinski definition) is 2. The molecule has 2 fully saturated rings. The number of benzene rings is 1. The summed E-state index contributed by atoms with van der Waals surface area (Å²) in [7, 11) is 0. The molecule has 1 heterocycles. The van der Waals surface area contributed by atoms with E-state index >= 15 is 0 Å². The standard InChI is InChI=1S/C16H22Cl2N2O.ClH/c17-12-5-4-11(14(18)8-12)9-20-15-3-1-2-13(15)16-10-21-7-6-19-16;/h4-5,8,13,15-16,19-20H,1-3,6-7,9-10H2;1H. The molecule has 3 rings (SSSR count). The molecule has 1 aromatic carbocycles. The molecule has 1 aliphatic heterocycles. The van der Waals surface area contributed by atoms with Crippen LogP contribution in [0.15, 0.2) is 18.2 Å². The zero-order chi connectivity index (χ0) is 14.7. The van der Waals surface area contributed by atoms with Crippen molar-refractivity contribution in [3.63, 3.8) is 0 Å². The number of nitrogens with one attached hydrogen (secondary N) is 2. The van der Waals surface area contributed by atoms with Gasteiger partial charge in [-0.25, -0.2) is 0 Å². The molecule has 1 aromatic rings. The molecule has 0 aromatic heterocycles. The fourth-order valence-electron chi connectivity index (χ4n) is 3.49. The highest BCUT2D eigenvalue weighted by Crippen LogP contribution is 2.30. The molecule has 3 atom stereocenters. The minimum absolute atomic E-state index is 0. The van der Waals surface area contributed by atoms with Crippen LogP contribution in [0.3, 0.4) is 0 Å². The van der Waals surface area contributed by atoms with Gasteiger partial charge in [0.05, 0.1) is 13.2 Å². The maximum absolute atomic E-state index is 6.24. The molecule has 1 saturated carbocycles. The van der Waals surface area contributed by atoms with Crippen molar-refractivity contribution in [2.75, 3.05) is 19.8 Å². The molecule has 124 valence electrons. The van der Waals surface area contributed by atoms with E-state index in [1.807, 2.05) is 18.2 Å². The van der Waals surface area contributed by atoms with Crippen LogP contribution in [-0.4, -0.2) is 31.8 Å². The van der Waals surface area contributed by atoms with Crippen LogP contribution in [0.4, 0.5) is 0 Å². The first kappa shape index (κ1) is 18.3. The Bertz CT molecular complexity index is 480. The Balaban J connectivity index is 0.00000176. The van der Waals surface area contributed by atoms with Gasteiger partial charge in [-0.05, 0) is 36.5 Å². The van der Waals surface area contributed by atoms with E-state index in [0.29, 0.717) is 23.0 Å². The van der Waals surface area contributed by atoms with Gasteiger partial charge in [-0.3, -0.25) is 0 Å². The van der Waals surface area contributed by atoms with Gasteiger partial charge in [-0.15, -0.1) is 12.4 Å². The Labute approximate surface area is 148 Å². The maximum Gasteiger partial charge on any atom is 0.0623 e. The third-order valence-electron chi connectivity index (χ3n) is 4.61. The van der Waals surface area contributed by atoms with E-state index < -0.39 is 0 Å². The van der Waals surface area contributed by atoms with Crippen molar-refractivity contribution >= 4 is 35.6 Å². The van der Waals surface area contributed by atoms with Gasteiger partial charge in [0, 0.05) is 35.2 Å². The second kappa shape index (κ2) is 8.72. The van der Waals surface area contributed by atoms with Crippen molar-refractivity contribution in [1.82, 2.24) is 10.6 Å². The predicted octanol–water partition coefficient (Wildman–Crippen LogP) is 3.66. The highest BCUT2D eigenvalue weighted by molar-refractivity contribution is 6.35. The minimum Gasteiger partial charge on any atom is -0.379 e. The average molecular weight is 366 g/mol. The van der Waals surface area contributed by atoms with Gasteiger partial charge in [-0.1, -0.05) is 35.7 Å². The van der Waals surface area contributed by atoms with Crippen molar-refractivity contribution in [3.05, 3.63) is 33.8 Å². The fraction of sp³-hybridized carbons (Fsp3) is 0.625. The van der Waals surface area contributed by atoms with E-state index in [0.717, 1.165) is 36.9 Å². The summed E-state index contributed by atoms with van der Waals surface area (Å²) < 4.78 is 5.61. The maximum atomic E-state index is 6.24. The van der Waals surface area contributed by atoms with Gasteiger partial charge in [0.25, 0.3) is 0 Å². The summed E-state index contributed by atoms with van der Waals surface area (Å²) in [6.45, 7) is 3.44. The fourth-order valence-corrected chi connectivity index (χ4v) is 3.97. The Morgan fingerprint density at radius 1 is 1.27 bits per heavy atom. The predicted molar refractivity (Wildman–Crippen MR) is 94.3 cm³/mol. The largest absolute Gasteiger partial charge is 0.379 e. The first-order chi connectivity index (χ1) is 10.2. The van der Waals surface area contributed by atoms with Crippen LogP contribution in [0, 0.1) is 5.92 Å². The van der Waals surface area contributed by atoms with E-state index in [9.17, 15) is 0 Å². The molecule has 6 heteroatoms. The molecule has 22 heavy (non-hydrogen) atoms. The molecule has 2 N–H and O–H groups in total. The van der Waals surface area contributed by atoms with Crippen LogP contribution in [-0.2, 0) is 11.3 Å². The Morgan fingerprint density at radius 2 is 2.14 bits per heavy atom. The van der Waals surface area contributed by atoms with E-state index in [2.05, 4.69) is 10.6 Å². The smallest absolute Gasteiger partial charge is 0.0623 e. The molecule has 1 saturated heterocycles. The van der Waals surface area contributed by atoms with Gasteiger partial charge in [0.2, 0.25) is 0 Å². The quantitative estimate of drug-likeness (QED) is 0.854. The highest BCUT2D eigenvalue weighted by Gasteiger charge is 2.34. The molecular weight excluding hydrogens is 343 g/mol. The van der Waals surface area contributed by atoms with Crippen LogP contribution in [0.25, 0.3) is 0 Å². The van der Waals surface area contributed by atoms with E-state index in [4.69, 9.17) is 27.9 Å². The topological polar surface area (TPSA) is 33.3 Å². The molecule has 1 aliphatic carbocycles. The second-order valence-electron chi connectivity index (χ2n) is 5.95. The number of morpholine rings is 1. The first-order valence-corrected chi connectivity index (χ1v) is 8.48. The summed E-state index contributed by atoms with van der Waals surface area (Å²) in [5, 5.41) is 8.71. The van der Waals surface area contributed by atoms with Crippen molar-refractivity contribution in [2.45, 2.75) is 37.9 Å².